The molecular formula is C25H16ClNO4. The van der Waals surface area contributed by atoms with Gasteiger partial charge < -0.3 is 5.11 Å². The number of amides is 2. The van der Waals surface area contributed by atoms with E-state index < -0.39 is 17.8 Å². The van der Waals surface area contributed by atoms with Gasteiger partial charge in [0.1, 0.15) is 0 Å². The smallest absolute Gasteiger partial charge is 0.335 e. The van der Waals surface area contributed by atoms with Crippen LogP contribution in [0.4, 0.5) is 5.69 Å². The Morgan fingerprint density at radius 2 is 1.23 bits per heavy atom. The number of imide groups is 1. The first-order valence-electron chi connectivity index (χ1n) is 10.1. The summed E-state index contributed by atoms with van der Waals surface area (Å²) in [6.07, 6.45) is 0. The fraction of sp³-hybridized carbons (Fsp3) is 0.160. The van der Waals surface area contributed by atoms with Crippen molar-refractivity contribution < 1.29 is 19.5 Å². The van der Waals surface area contributed by atoms with E-state index >= 15 is 0 Å². The van der Waals surface area contributed by atoms with Crippen LogP contribution in [0.25, 0.3) is 0 Å². The van der Waals surface area contributed by atoms with E-state index in [1.807, 2.05) is 48.5 Å². The molecule has 6 heteroatoms. The van der Waals surface area contributed by atoms with Gasteiger partial charge in [0.25, 0.3) is 0 Å². The molecule has 4 aliphatic rings. The number of anilines is 1. The van der Waals surface area contributed by atoms with Gasteiger partial charge >= 0.3 is 5.97 Å². The Balaban J connectivity index is 1.56. The number of benzene rings is 3. The molecule has 2 amide bonds. The van der Waals surface area contributed by atoms with Gasteiger partial charge in [0.15, 0.2) is 0 Å². The second-order valence-electron chi connectivity index (χ2n) is 8.25. The minimum Gasteiger partial charge on any atom is -0.478 e. The summed E-state index contributed by atoms with van der Waals surface area (Å²) >= 11 is 6.34. The minimum absolute atomic E-state index is 0.0237. The van der Waals surface area contributed by atoms with Crippen molar-refractivity contribution in [3.05, 3.63) is 99.6 Å². The number of carbonyl (C=O) groups excluding carboxylic acids is 2. The summed E-state index contributed by atoms with van der Waals surface area (Å²) in [5.41, 5.74) is 4.45. The zero-order valence-corrected chi connectivity index (χ0v) is 16.9. The first kappa shape index (κ1) is 18.3. The molecule has 0 aromatic heterocycles. The fourth-order valence-corrected chi connectivity index (χ4v) is 5.93. The molecule has 0 spiro atoms. The topological polar surface area (TPSA) is 74.7 Å². The standard InChI is InChI=1S/C25H16ClNO4/c26-17-10-9-12(25(30)31)11-18(17)27-23(28)21-19-13-5-1-2-6-14(13)20(22(21)24(27)29)16-8-4-3-7-15(16)19/h1-11,19-22H,(H,30,31)/t19?,20?,21-,22-/m0/s1. The Kier molecular flexibility index (Phi) is 3.72. The van der Waals surface area contributed by atoms with Crippen molar-refractivity contribution in [1.82, 2.24) is 0 Å². The summed E-state index contributed by atoms with van der Waals surface area (Å²) in [5.74, 6) is -3.29. The number of hydrogen-bond acceptors (Lipinski definition) is 3. The van der Waals surface area contributed by atoms with Crippen LogP contribution in [0.15, 0.2) is 66.7 Å². The molecule has 2 atom stereocenters. The minimum atomic E-state index is -1.14. The molecule has 1 aliphatic heterocycles. The number of aromatic carboxylic acids is 1. The summed E-state index contributed by atoms with van der Waals surface area (Å²) in [5, 5.41) is 9.55. The van der Waals surface area contributed by atoms with Gasteiger partial charge in [-0.2, -0.15) is 0 Å². The van der Waals surface area contributed by atoms with Crippen LogP contribution < -0.4 is 4.90 Å². The van der Waals surface area contributed by atoms with Crippen LogP contribution in [0.1, 0.15) is 44.4 Å². The zero-order valence-electron chi connectivity index (χ0n) is 16.2. The van der Waals surface area contributed by atoms with Crippen molar-refractivity contribution in [2.24, 2.45) is 11.8 Å². The lowest BCUT2D eigenvalue weighted by Gasteiger charge is -2.45. The van der Waals surface area contributed by atoms with Crippen molar-refractivity contribution >= 4 is 35.1 Å². The maximum absolute atomic E-state index is 13.7. The molecule has 2 bridgehead atoms. The summed E-state index contributed by atoms with van der Waals surface area (Å²) in [6.45, 7) is 0. The van der Waals surface area contributed by atoms with Crippen molar-refractivity contribution in [3.8, 4) is 0 Å². The third-order valence-electron chi connectivity index (χ3n) is 6.88. The summed E-state index contributed by atoms with van der Waals surface area (Å²) in [4.78, 5) is 40.0. The van der Waals surface area contributed by atoms with Gasteiger partial charge in [0, 0.05) is 11.8 Å². The number of halogens is 1. The van der Waals surface area contributed by atoms with Crippen LogP contribution in [0.5, 0.6) is 0 Å². The molecule has 1 saturated heterocycles. The van der Waals surface area contributed by atoms with Gasteiger partial charge in [0.05, 0.1) is 28.1 Å². The Labute approximate surface area is 182 Å². The van der Waals surface area contributed by atoms with E-state index in [4.69, 9.17) is 11.6 Å². The van der Waals surface area contributed by atoms with Gasteiger partial charge in [-0.25, -0.2) is 9.69 Å². The van der Waals surface area contributed by atoms with E-state index in [0.29, 0.717) is 0 Å². The largest absolute Gasteiger partial charge is 0.478 e. The predicted molar refractivity (Wildman–Crippen MR) is 114 cm³/mol. The first-order chi connectivity index (χ1) is 15.0. The van der Waals surface area contributed by atoms with Gasteiger partial charge in [-0.15, -0.1) is 0 Å². The van der Waals surface area contributed by atoms with Crippen molar-refractivity contribution in [1.29, 1.82) is 0 Å². The maximum Gasteiger partial charge on any atom is 0.335 e. The van der Waals surface area contributed by atoms with E-state index in [1.165, 1.54) is 18.2 Å². The van der Waals surface area contributed by atoms with E-state index in [0.717, 1.165) is 27.2 Å². The number of carboxylic acids is 1. The third kappa shape index (κ3) is 2.29. The van der Waals surface area contributed by atoms with E-state index in [9.17, 15) is 19.5 Å². The lowest BCUT2D eigenvalue weighted by atomic mass is 9.55. The predicted octanol–water partition coefficient (Wildman–Crippen LogP) is 4.43. The molecule has 1 heterocycles. The van der Waals surface area contributed by atoms with E-state index in [2.05, 4.69) is 0 Å². The van der Waals surface area contributed by atoms with Crippen molar-refractivity contribution in [2.75, 3.05) is 4.90 Å². The molecular weight excluding hydrogens is 414 g/mol. The maximum atomic E-state index is 13.7. The van der Waals surface area contributed by atoms with Crippen LogP contribution in [-0.4, -0.2) is 22.9 Å². The average molecular weight is 430 g/mol. The van der Waals surface area contributed by atoms with Crippen LogP contribution in [0, 0.1) is 11.8 Å². The van der Waals surface area contributed by atoms with Gasteiger partial charge in [0.2, 0.25) is 11.8 Å². The number of carboxylic acid groups (broad SMARTS) is 1. The molecule has 0 radical (unpaired) electrons. The first-order valence-corrected chi connectivity index (χ1v) is 10.4. The quantitative estimate of drug-likeness (QED) is 0.611. The SMILES string of the molecule is O=C(O)c1ccc(Cl)c(N2C(=O)[C@H]3C4c5ccccc5C(c5ccccc54)[C@@H]3C2=O)c1. The number of nitrogens with zero attached hydrogens (tertiary/aromatic N) is 1. The van der Waals surface area contributed by atoms with Crippen LogP contribution in [0.3, 0.4) is 0 Å². The van der Waals surface area contributed by atoms with Crippen LogP contribution in [-0.2, 0) is 9.59 Å². The Bertz CT molecular complexity index is 1200. The van der Waals surface area contributed by atoms with Gasteiger partial charge in [-0.1, -0.05) is 60.1 Å². The van der Waals surface area contributed by atoms with Gasteiger partial charge in [-0.3, -0.25) is 9.59 Å². The monoisotopic (exact) mass is 429 g/mol. The zero-order chi connectivity index (χ0) is 21.4. The van der Waals surface area contributed by atoms with Crippen molar-refractivity contribution in [3.63, 3.8) is 0 Å². The third-order valence-corrected chi connectivity index (χ3v) is 7.20. The van der Waals surface area contributed by atoms with Crippen LogP contribution >= 0.6 is 11.6 Å². The molecule has 1 fully saturated rings. The molecule has 1 N–H and O–H groups in total. The molecule has 3 aliphatic carbocycles. The van der Waals surface area contributed by atoms with Crippen molar-refractivity contribution in [2.45, 2.75) is 11.8 Å². The molecule has 3 aromatic rings. The highest BCUT2D eigenvalue weighted by molar-refractivity contribution is 6.36. The molecule has 5 nitrogen and oxygen atoms in total. The highest BCUT2D eigenvalue weighted by Gasteiger charge is 2.61. The molecule has 7 rings (SSSR count). The summed E-state index contributed by atoms with van der Waals surface area (Å²) in [6, 6.07) is 20.1. The normalized spacial score (nSPS) is 25.3. The van der Waals surface area contributed by atoms with E-state index in [1.54, 1.807) is 0 Å². The highest BCUT2D eigenvalue weighted by Crippen LogP contribution is 2.61. The lowest BCUT2D eigenvalue weighted by molar-refractivity contribution is -0.122. The molecule has 0 saturated carbocycles. The Morgan fingerprint density at radius 3 is 1.65 bits per heavy atom. The van der Waals surface area contributed by atoms with Gasteiger partial charge in [-0.05, 0) is 40.5 Å². The fourth-order valence-electron chi connectivity index (χ4n) is 5.73. The van der Waals surface area contributed by atoms with E-state index in [-0.39, 0.29) is 39.9 Å². The lowest BCUT2D eigenvalue weighted by Crippen LogP contribution is -2.41. The van der Waals surface area contributed by atoms with Crippen LogP contribution in [0.2, 0.25) is 5.02 Å². The second-order valence-corrected chi connectivity index (χ2v) is 8.66. The second kappa shape index (κ2) is 6.28. The highest BCUT2D eigenvalue weighted by atomic mass is 35.5. The molecule has 31 heavy (non-hydrogen) atoms. The Hall–Kier alpha value is -3.44. The molecule has 3 aromatic carbocycles. The number of carbonyl (C=O) groups is 3. The number of hydrogen-bond donors (Lipinski definition) is 1. The summed E-state index contributed by atoms with van der Waals surface area (Å²) in [7, 11) is 0. The molecule has 152 valence electrons. The Morgan fingerprint density at radius 1 is 0.774 bits per heavy atom. The number of rotatable bonds is 2. The average Bonchev–Trinajstić information content (AvgIpc) is 3.05. The molecule has 0 unspecified atom stereocenters. The summed E-state index contributed by atoms with van der Waals surface area (Å²) < 4.78 is 0.